The first-order chi connectivity index (χ1) is 27.9. The fourth-order valence-electron chi connectivity index (χ4n) is 8.29. The molecule has 5 nitrogen and oxygen atoms in total. The summed E-state index contributed by atoms with van der Waals surface area (Å²) in [7, 11) is -6.18. The number of unbranched alkanes of at least 4 members (excludes halogenated alkanes) is 4. The Kier molecular flexibility index (Phi) is 16.5. The summed E-state index contributed by atoms with van der Waals surface area (Å²) in [6, 6.07) is 52.8. The van der Waals surface area contributed by atoms with Crippen LogP contribution in [-0.2, 0) is 29.7 Å². The van der Waals surface area contributed by atoms with Crippen LogP contribution < -0.4 is 20.7 Å². The van der Waals surface area contributed by atoms with Crippen molar-refractivity contribution in [2.75, 3.05) is 13.2 Å². The molecule has 0 amide bonds. The molecule has 0 spiro atoms. The Morgan fingerprint density at radius 2 is 0.931 bits per heavy atom. The summed E-state index contributed by atoms with van der Waals surface area (Å²) >= 11 is 0. The molecule has 0 N–H and O–H groups in total. The zero-order valence-corrected chi connectivity index (χ0v) is 38.0. The fraction of sp³-hybridized carbons (Fsp3) is 0.392. The van der Waals surface area contributed by atoms with Gasteiger partial charge in [0.15, 0.2) is 6.10 Å². The normalized spacial score (nSPS) is 13.5. The van der Waals surface area contributed by atoms with E-state index in [0.29, 0.717) is 13.0 Å². The van der Waals surface area contributed by atoms with Gasteiger partial charge in [-0.05, 0) is 42.8 Å². The monoisotopic (exact) mass is 814 g/mol. The van der Waals surface area contributed by atoms with Gasteiger partial charge in [0, 0.05) is 6.42 Å². The summed E-state index contributed by atoms with van der Waals surface area (Å²) in [6.07, 6.45) is 4.13. The molecule has 7 heteroatoms. The summed E-state index contributed by atoms with van der Waals surface area (Å²) in [5.74, 6) is -0.230. The van der Waals surface area contributed by atoms with Gasteiger partial charge in [-0.2, -0.15) is 0 Å². The molecule has 0 radical (unpaired) electrons. The highest BCUT2D eigenvalue weighted by Gasteiger charge is 2.54. The van der Waals surface area contributed by atoms with Crippen molar-refractivity contribution in [3.05, 3.63) is 157 Å². The Balaban J connectivity index is 1.65. The van der Waals surface area contributed by atoms with E-state index in [1.165, 1.54) is 10.4 Å². The number of esters is 1. The lowest BCUT2D eigenvalue weighted by Crippen LogP contribution is -2.70. The Bertz CT molecular complexity index is 1830. The minimum atomic E-state index is -3.15. The second kappa shape index (κ2) is 21.2. The van der Waals surface area contributed by atoms with Gasteiger partial charge in [0.1, 0.15) is 6.10 Å². The number of hydrogen-bond acceptors (Lipinski definition) is 5. The number of carbonyl (C=O) groups is 1. The quantitative estimate of drug-likeness (QED) is 0.0420. The maximum Gasteiger partial charge on any atom is 0.306 e. The van der Waals surface area contributed by atoms with E-state index in [1.54, 1.807) is 0 Å². The molecule has 0 aliphatic rings. The lowest BCUT2D eigenvalue weighted by atomic mass is 10.1. The Labute approximate surface area is 351 Å². The molecule has 0 aromatic heterocycles. The number of carbonyl (C=O) groups excluding carboxylic acids is 1. The molecule has 308 valence electrons. The van der Waals surface area contributed by atoms with E-state index in [1.807, 2.05) is 18.2 Å². The summed E-state index contributed by atoms with van der Waals surface area (Å²) in [4.78, 5) is 14.1. The second-order valence-electron chi connectivity index (χ2n) is 17.5. The van der Waals surface area contributed by atoms with Gasteiger partial charge in [-0.25, -0.2) is 0 Å². The number of benzene rings is 5. The van der Waals surface area contributed by atoms with Crippen LogP contribution in [-0.4, -0.2) is 48.0 Å². The minimum Gasteiger partial charge on any atom is -0.457 e. The molecule has 58 heavy (non-hydrogen) atoms. The average molecular weight is 815 g/mol. The molecule has 0 fully saturated rings. The van der Waals surface area contributed by atoms with E-state index < -0.39 is 28.8 Å². The smallest absolute Gasteiger partial charge is 0.306 e. The van der Waals surface area contributed by atoms with Crippen molar-refractivity contribution in [2.24, 2.45) is 0 Å². The van der Waals surface area contributed by atoms with Gasteiger partial charge in [-0.1, -0.05) is 226 Å². The Morgan fingerprint density at radius 1 is 0.517 bits per heavy atom. The number of ether oxygens (including phenoxy) is 2. The van der Waals surface area contributed by atoms with Gasteiger partial charge in [-0.15, -0.1) is 0 Å². The SMILES string of the molecule is CCCCCCCC(=O)O[C@@H](CO[Si](c1ccccc1)(c1ccccc1)C(C)(C)C)[C@H](COCc1ccccc1)O[Si](c1ccccc1)(c1ccccc1)C(C)(C)C. The van der Waals surface area contributed by atoms with Crippen LogP contribution in [0.2, 0.25) is 10.1 Å². The Morgan fingerprint density at radius 3 is 1.36 bits per heavy atom. The van der Waals surface area contributed by atoms with Crippen molar-refractivity contribution < 1.29 is 23.1 Å². The highest BCUT2D eigenvalue weighted by atomic mass is 28.4. The van der Waals surface area contributed by atoms with Crippen LogP contribution in [0.5, 0.6) is 0 Å². The van der Waals surface area contributed by atoms with Gasteiger partial charge in [0.05, 0.1) is 19.8 Å². The van der Waals surface area contributed by atoms with E-state index in [2.05, 4.69) is 182 Å². The molecular weight excluding hydrogens is 749 g/mol. The predicted octanol–water partition coefficient (Wildman–Crippen LogP) is 10.00. The molecule has 0 bridgehead atoms. The lowest BCUT2D eigenvalue weighted by Gasteiger charge is -2.47. The van der Waals surface area contributed by atoms with Crippen LogP contribution in [0.25, 0.3) is 0 Å². The number of rotatable bonds is 21. The van der Waals surface area contributed by atoms with Crippen LogP contribution >= 0.6 is 0 Å². The first-order valence-corrected chi connectivity index (χ1v) is 25.1. The summed E-state index contributed by atoms with van der Waals surface area (Å²) < 4.78 is 28.8. The second-order valence-corrected chi connectivity index (χ2v) is 26.0. The van der Waals surface area contributed by atoms with E-state index in [-0.39, 0.29) is 29.3 Å². The van der Waals surface area contributed by atoms with E-state index >= 15 is 0 Å². The molecule has 0 aliphatic heterocycles. The molecule has 5 rings (SSSR count). The molecule has 0 heterocycles. The first kappa shape index (κ1) is 45.0. The first-order valence-electron chi connectivity index (χ1n) is 21.3. The van der Waals surface area contributed by atoms with Crippen molar-refractivity contribution in [3.63, 3.8) is 0 Å². The molecule has 0 unspecified atom stereocenters. The highest BCUT2D eigenvalue weighted by Crippen LogP contribution is 2.40. The molecule has 0 aliphatic carbocycles. The standard InChI is InChI=1S/C51H66O5Si2/c1-8-9-10-11-27-38-49(52)55-47(41-54-57(50(2,3)4,43-30-19-13-20-31-43)44-32-21-14-22-33-44)48(40-53-39-42-28-17-12-18-29-42)56-58(51(5,6)7,45-34-23-15-24-35-45)46-36-25-16-26-37-46/h12-26,28-37,47-48H,8-11,27,38-41H2,1-7H3/t47-,48-/m0/s1. The molecule has 2 atom stereocenters. The summed E-state index contributed by atoms with van der Waals surface area (Å²) in [5, 5.41) is 4.03. The van der Waals surface area contributed by atoms with Gasteiger partial charge in [-0.3, -0.25) is 4.79 Å². The van der Waals surface area contributed by atoms with E-state index in [0.717, 1.165) is 48.0 Å². The molecule has 5 aromatic rings. The average Bonchev–Trinajstić information content (AvgIpc) is 3.23. The summed E-state index contributed by atoms with van der Waals surface area (Å²) in [5.41, 5.74) is 1.07. The highest BCUT2D eigenvalue weighted by molar-refractivity contribution is 7.00. The fourth-order valence-corrected chi connectivity index (χ4v) is 17.5. The van der Waals surface area contributed by atoms with Gasteiger partial charge >= 0.3 is 5.97 Å². The maximum atomic E-state index is 14.1. The molecule has 0 saturated carbocycles. The van der Waals surface area contributed by atoms with Gasteiger partial charge in [0.25, 0.3) is 16.6 Å². The van der Waals surface area contributed by atoms with Crippen molar-refractivity contribution in [2.45, 2.75) is 116 Å². The zero-order chi connectivity index (χ0) is 41.5. The number of hydrogen-bond donors (Lipinski definition) is 0. The topological polar surface area (TPSA) is 54.0 Å². The zero-order valence-electron chi connectivity index (χ0n) is 36.0. The van der Waals surface area contributed by atoms with E-state index in [9.17, 15) is 4.79 Å². The third-order valence-electron chi connectivity index (χ3n) is 11.2. The summed E-state index contributed by atoms with van der Waals surface area (Å²) in [6.45, 7) is 16.6. The molecule has 5 aromatic carbocycles. The van der Waals surface area contributed by atoms with Crippen molar-refractivity contribution in [3.8, 4) is 0 Å². The minimum absolute atomic E-state index is 0.145. The lowest BCUT2D eigenvalue weighted by molar-refractivity contribution is -0.159. The van der Waals surface area contributed by atoms with Gasteiger partial charge < -0.3 is 18.3 Å². The predicted molar refractivity (Wildman–Crippen MR) is 245 cm³/mol. The van der Waals surface area contributed by atoms with Crippen LogP contribution in [0, 0.1) is 0 Å². The van der Waals surface area contributed by atoms with Gasteiger partial charge in [0.2, 0.25) is 0 Å². The van der Waals surface area contributed by atoms with Crippen molar-refractivity contribution in [1.82, 2.24) is 0 Å². The van der Waals surface area contributed by atoms with Crippen LogP contribution in [0.3, 0.4) is 0 Å². The van der Waals surface area contributed by atoms with Crippen molar-refractivity contribution in [1.29, 1.82) is 0 Å². The third kappa shape index (κ3) is 11.1. The van der Waals surface area contributed by atoms with Crippen LogP contribution in [0.15, 0.2) is 152 Å². The maximum absolute atomic E-state index is 14.1. The molecular formula is C51H66O5Si2. The van der Waals surface area contributed by atoms with E-state index in [4.69, 9.17) is 18.3 Å². The Hall–Kier alpha value is -4.12. The molecule has 0 saturated heterocycles. The largest absolute Gasteiger partial charge is 0.457 e. The van der Waals surface area contributed by atoms with Crippen molar-refractivity contribution >= 4 is 43.4 Å². The van der Waals surface area contributed by atoms with Crippen LogP contribution in [0.1, 0.15) is 92.6 Å². The third-order valence-corrected chi connectivity index (χ3v) is 21.3. The van der Waals surface area contributed by atoms with Crippen LogP contribution in [0.4, 0.5) is 0 Å².